The van der Waals surface area contributed by atoms with Gasteiger partial charge in [-0.3, -0.25) is 4.79 Å². The van der Waals surface area contributed by atoms with Crippen molar-refractivity contribution < 1.29 is 14.3 Å². The molecule has 1 unspecified atom stereocenters. The molecule has 7 heteroatoms. The van der Waals surface area contributed by atoms with Gasteiger partial charge in [-0.2, -0.15) is 15.0 Å². The molecule has 0 radical (unpaired) electrons. The molecule has 0 N–H and O–H groups in total. The van der Waals surface area contributed by atoms with Crippen LogP contribution in [0.3, 0.4) is 0 Å². The minimum atomic E-state index is -0.00342. The number of hydrogen-bond donors (Lipinski definition) is 0. The number of methoxy groups -OCH3 is 1. The molecule has 0 bridgehead atoms. The van der Waals surface area contributed by atoms with Gasteiger partial charge in [-0.25, -0.2) is 0 Å². The summed E-state index contributed by atoms with van der Waals surface area (Å²) < 4.78 is 11.2. The Labute approximate surface area is 190 Å². The number of nitrogens with zero attached hydrogens (tertiary/aromatic N) is 4. The molecule has 1 aliphatic rings. The number of terminal acetylenes is 1. The predicted molar refractivity (Wildman–Crippen MR) is 125 cm³/mol. The van der Waals surface area contributed by atoms with E-state index in [-0.39, 0.29) is 17.9 Å². The Balaban J connectivity index is 0.00000176. The van der Waals surface area contributed by atoms with E-state index in [1.54, 1.807) is 19.5 Å². The van der Waals surface area contributed by atoms with Gasteiger partial charge in [0.05, 0.1) is 43.1 Å². The molecule has 32 heavy (non-hydrogen) atoms. The number of ether oxygens (including phenoxy) is 2. The average molecular weight is 437 g/mol. The van der Waals surface area contributed by atoms with E-state index in [1.807, 2.05) is 43.0 Å². The van der Waals surface area contributed by atoms with E-state index in [2.05, 4.69) is 36.5 Å². The summed E-state index contributed by atoms with van der Waals surface area (Å²) in [5, 5.41) is 8.38. The Kier molecular flexibility index (Phi) is 9.08. The van der Waals surface area contributed by atoms with Gasteiger partial charge in [0.2, 0.25) is 0 Å². The van der Waals surface area contributed by atoms with Gasteiger partial charge in [0.15, 0.2) is 0 Å². The Morgan fingerprint density at radius 3 is 2.50 bits per heavy atom. The van der Waals surface area contributed by atoms with Crippen molar-refractivity contribution in [3.63, 3.8) is 0 Å². The van der Waals surface area contributed by atoms with E-state index < -0.39 is 0 Å². The molecule has 170 valence electrons. The number of para-hydroxylation sites is 1. The van der Waals surface area contributed by atoms with Crippen LogP contribution in [0.5, 0.6) is 0 Å². The quantitative estimate of drug-likeness (QED) is 0.369. The second kappa shape index (κ2) is 11.8. The van der Waals surface area contributed by atoms with E-state index in [0.717, 1.165) is 24.2 Å². The molecule has 1 aromatic carbocycles. The highest BCUT2D eigenvalue weighted by Gasteiger charge is 2.31. The van der Waals surface area contributed by atoms with Crippen LogP contribution in [0.2, 0.25) is 0 Å². The smallest absolute Gasteiger partial charge is 0.256 e. The first kappa shape index (κ1) is 24.7. The third-order valence-electron chi connectivity index (χ3n) is 5.74. The molecule has 1 saturated heterocycles. The molecule has 1 fully saturated rings. The van der Waals surface area contributed by atoms with Gasteiger partial charge in [0, 0.05) is 24.1 Å². The lowest BCUT2D eigenvalue weighted by molar-refractivity contribution is 0.0447. The van der Waals surface area contributed by atoms with E-state index in [9.17, 15) is 4.79 Å². The summed E-state index contributed by atoms with van der Waals surface area (Å²) in [6.07, 6.45) is 13.2. The van der Waals surface area contributed by atoms with Crippen LogP contribution in [0.25, 0.3) is 5.69 Å². The Hall–Kier alpha value is -3.53. The van der Waals surface area contributed by atoms with Crippen LogP contribution in [-0.2, 0) is 9.47 Å². The van der Waals surface area contributed by atoms with Crippen LogP contribution in [-0.4, -0.2) is 52.1 Å². The Bertz CT molecular complexity index is 963. The first-order chi connectivity index (χ1) is 15.4. The van der Waals surface area contributed by atoms with Gasteiger partial charge >= 0.3 is 0 Å². The predicted octanol–water partition coefficient (Wildman–Crippen LogP) is 4.23. The lowest BCUT2D eigenvalue weighted by Gasteiger charge is -2.38. The summed E-state index contributed by atoms with van der Waals surface area (Å²) in [4.78, 5) is 16.9. The SMILES string of the molecule is C#C.C=C(OC)/C(C)=C(\C)OCC1CC[C@@H](C)N(C(=O)c2ccccc2-n2nccn2)C1. The molecule has 3 rings (SSSR count). The van der Waals surface area contributed by atoms with Crippen LogP contribution in [0.4, 0.5) is 0 Å². The first-order valence-electron chi connectivity index (χ1n) is 10.6. The van der Waals surface area contributed by atoms with Gasteiger partial charge in [-0.1, -0.05) is 18.7 Å². The minimum absolute atomic E-state index is 0.00342. The largest absolute Gasteiger partial charge is 0.497 e. The zero-order valence-corrected chi connectivity index (χ0v) is 19.3. The maximum Gasteiger partial charge on any atom is 0.256 e. The molecule has 1 amide bonds. The van der Waals surface area contributed by atoms with Crippen LogP contribution in [0, 0.1) is 18.8 Å². The molecule has 0 aliphatic carbocycles. The summed E-state index contributed by atoms with van der Waals surface area (Å²) >= 11 is 0. The maximum atomic E-state index is 13.4. The van der Waals surface area contributed by atoms with Gasteiger partial charge < -0.3 is 14.4 Å². The van der Waals surface area contributed by atoms with E-state index in [1.165, 1.54) is 4.80 Å². The van der Waals surface area contributed by atoms with E-state index in [0.29, 0.717) is 30.2 Å². The zero-order valence-electron chi connectivity index (χ0n) is 19.3. The fraction of sp³-hybridized carbons (Fsp3) is 0.400. The molecule has 2 aromatic rings. The van der Waals surface area contributed by atoms with Crippen molar-refractivity contribution in [2.75, 3.05) is 20.3 Å². The summed E-state index contributed by atoms with van der Waals surface area (Å²) in [6.45, 7) is 11.0. The molecule has 2 heterocycles. The molecule has 0 spiro atoms. The number of allylic oxidation sites excluding steroid dienone is 2. The topological polar surface area (TPSA) is 69.5 Å². The number of aromatic nitrogens is 3. The normalized spacial score (nSPS) is 18.6. The van der Waals surface area contributed by atoms with Crippen molar-refractivity contribution in [1.82, 2.24) is 19.9 Å². The number of amides is 1. The number of piperidine rings is 1. The second-order valence-electron chi connectivity index (χ2n) is 7.71. The molecular weight excluding hydrogens is 404 g/mol. The average Bonchev–Trinajstić information content (AvgIpc) is 3.38. The zero-order chi connectivity index (χ0) is 23.7. The van der Waals surface area contributed by atoms with E-state index >= 15 is 0 Å². The van der Waals surface area contributed by atoms with Crippen molar-refractivity contribution in [3.05, 3.63) is 65.9 Å². The van der Waals surface area contributed by atoms with Crippen LogP contribution in [0.1, 0.15) is 44.0 Å². The van der Waals surface area contributed by atoms with Crippen molar-refractivity contribution in [1.29, 1.82) is 0 Å². The fourth-order valence-corrected chi connectivity index (χ4v) is 3.63. The Morgan fingerprint density at radius 2 is 1.84 bits per heavy atom. The van der Waals surface area contributed by atoms with Crippen molar-refractivity contribution in [2.24, 2.45) is 5.92 Å². The molecule has 0 saturated carbocycles. The van der Waals surface area contributed by atoms with Gasteiger partial charge in [-0.15, -0.1) is 12.8 Å². The minimum Gasteiger partial charge on any atom is -0.497 e. The number of rotatable bonds is 7. The highest BCUT2D eigenvalue weighted by atomic mass is 16.5. The highest BCUT2D eigenvalue weighted by molar-refractivity contribution is 5.98. The number of likely N-dealkylation sites (tertiary alicyclic amines) is 1. The van der Waals surface area contributed by atoms with Crippen molar-refractivity contribution >= 4 is 5.91 Å². The highest BCUT2D eigenvalue weighted by Crippen LogP contribution is 2.26. The van der Waals surface area contributed by atoms with Crippen molar-refractivity contribution in [3.8, 4) is 18.5 Å². The summed E-state index contributed by atoms with van der Waals surface area (Å²) in [6, 6.07) is 7.62. The molecule has 1 aliphatic heterocycles. The molecule has 2 atom stereocenters. The summed E-state index contributed by atoms with van der Waals surface area (Å²) in [5.74, 6) is 1.66. The number of carbonyl (C=O) groups is 1. The maximum absolute atomic E-state index is 13.4. The fourth-order valence-electron chi connectivity index (χ4n) is 3.63. The monoisotopic (exact) mass is 436 g/mol. The lowest BCUT2D eigenvalue weighted by atomic mass is 9.93. The first-order valence-corrected chi connectivity index (χ1v) is 10.6. The van der Waals surface area contributed by atoms with Crippen molar-refractivity contribution in [2.45, 2.75) is 39.7 Å². The lowest BCUT2D eigenvalue weighted by Crippen LogP contribution is -2.46. The second-order valence-corrected chi connectivity index (χ2v) is 7.71. The van der Waals surface area contributed by atoms with Crippen LogP contribution in [0.15, 0.2) is 60.3 Å². The molecule has 1 aromatic heterocycles. The van der Waals surface area contributed by atoms with Gasteiger partial charge in [-0.05, 0) is 45.7 Å². The van der Waals surface area contributed by atoms with Gasteiger partial charge in [0.1, 0.15) is 5.76 Å². The van der Waals surface area contributed by atoms with Gasteiger partial charge in [0.25, 0.3) is 5.91 Å². The van der Waals surface area contributed by atoms with Crippen LogP contribution >= 0.6 is 0 Å². The molecule has 7 nitrogen and oxygen atoms in total. The molecular formula is C25H32N4O3. The third-order valence-corrected chi connectivity index (χ3v) is 5.74. The standard InChI is InChI=1S/C23H30N4O3.C2H2/c1-16-10-11-20(15-30-19(4)17(2)18(3)29-5)14-26(16)23(28)21-8-6-7-9-22(21)27-24-12-13-25-27;1-2/h6-9,12-13,16,20H,3,10-11,14-15H2,1-2,4-5H3;1-2H/b19-17+;/t16-,20?;/m1./s1. The van der Waals surface area contributed by atoms with E-state index in [4.69, 9.17) is 9.47 Å². The Morgan fingerprint density at radius 1 is 1.19 bits per heavy atom. The van der Waals surface area contributed by atoms with Crippen LogP contribution < -0.4 is 0 Å². The summed E-state index contributed by atoms with van der Waals surface area (Å²) in [5.41, 5.74) is 2.19. The number of carbonyl (C=O) groups excluding carboxylic acids is 1. The third kappa shape index (κ3) is 5.79. The number of hydrogen-bond acceptors (Lipinski definition) is 5. The number of benzene rings is 1. The summed E-state index contributed by atoms with van der Waals surface area (Å²) in [7, 11) is 1.60.